The highest BCUT2D eigenvalue weighted by atomic mass is 28.3. The first-order valence-electron chi connectivity index (χ1n) is 15.6. The molecule has 0 radical (unpaired) electrons. The smallest absolute Gasteiger partial charge is 0.169 e. The fourth-order valence-electron chi connectivity index (χ4n) is 9.07. The summed E-state index contributed by atoms with van der Waals surface area (Å²) in [6.07, 6.45) is 2.75. The molecule has 3 aliphatic rings. The van der Waals surface area contributed by atoms with E-state index >= 15 is 4.79 Å². The first-order valence-corrected chi connectivity index (χ1v) is 17.8. The fraction of sp³-hybridized carbons (Fsp3) is 0.275. The normalized spacial score (nSPS) is 23.2. The summed E-state index contributed by atoms with van der Waals surface area (Å²) < 4.78 is 14.5. The summed E-state index contributed by atoms with van der Waals surface area (Å²) in [5.74, 6) is 0.520. The van der Waals surface area contributed by atoms with Crippen molar-refractivity contribution in [1.82, 2.24) is 0 Å². The maximum Gasteiger partial charge on any atom is 0.169 e. The van der Waals surface area contributed by atoms with Gasteiger partial charge in [0.2, 0.25) is 0 Å². The molecule has 5 aromatic rings. The third-order valence-electron chi connectivity index (χ3n) is 11.1. The van der Waals surface area contributed by atoms with Gasteiger partial charge in [0.05, 0.1) is 0 Å². The van der Waals surface area contributed by atoms with Crippen molar-refractivity contribution < 1.29 is 9.18 Å². The first-order chi connectivity index (χ1) is 20.7. The molecule has 0 aliphatic heterocycles. The minimum absolute atomic E-state index is 0.0527. The van der Waals surface area contributed by atoms with Crippen LogP contribution < -0.4 is 10.4 Å². The number of fused-ring (bicyclic) bond motifs is 2. The van der Waals surface area contributed by atoms with Gasteiger partial charge >= 0.3 is 0 Å². The molecule has 1 nitrogen and oxygen atoms in total. The van der Waals surface area contributed by atoms with Crippen molar-refractivity contribution in [1.29, 1.82) is 0 Å². The topological polar surface area (TPSA) is 17.1 Å². The Kier molecular flexibility index (Phi) is 6.59. The summed E-state index contributed by atoms with van der Waals surface area (Å²) >= 11 is 0. The Hall–Kier alpha value is -3.82. The van der Waals surface area contributed by atoms with E-state index in [9.17, 15) is 4.39 Å². The highest BCUT2D eigenvalue weighted by Gasteiger charge is 2.72. The van der Waals surface area contributed by atoms with Gasteiger partial charge < -0.3 is 0 Å². The SMILES string of the molecule is CC(C)(C)[Si](C[C@]1(c2ccc(F)cc2)CC2CC1(C(=O)c1ccc3ccccc3c1)C2)(c1ccccc1)c1ccccc1. The van der Waals surface area contributed by atoms with Gasteiger partial charge in [0.1, 0.15) is 13.9 Å². The maximum absolute atomic E-state index is 15.1. The summed E-state index contributed by atoms with van der Waals surface area (Å²) in [7, 11) is -2.58. The second-order valence-electron chi connectivity index (χ2n) is 14.1. The van der Waals surface area contributed by atoms with Crippen LogP contribution in [0.15, 0.2) is 127 Å². The standard InChI is InChI=1S/C40H39FOSi/c1-38(2,3)43(35-14-6-4-7-15-35,36-16-8-5-9-17-36)28-40(33-20-22-34(41)23-21-33)27-29-25-39(40,26-29)37(42)32-19-18-30-12-10-11-13-31(30)24-32/h4-24,29H,25-28H2,1-3H3/t29?,39?,40-/m0/s1. The van der Waals surface area contributed by atoms with E-state index in [0.717, 1.165) is 47.2 Å². The molecule has 3 aliphatic carbocycles. The average molecular weight is 583 g/mol. The maximum atomic E-state index is 15.1. The third kappa shape index (κ3) is 4.19. The van der Waals surface area contributed by atoms with Gasteiger partial charge in [-0.15, -0.1) is 0 Å². The molecule has 2 bridgehead atoms. The Morgan fingerprint density at radius 2 is 1.28 bits per heavy atom. The van der Waals surface area contributed by atoms with Crippen LogP contribution in [0.3, 0.4) is 0 Å². The Morgan fingerprint density at radius 1 is 0.721 bits per heavy atom. The van der Waals surface area contributed by atoms with E-state index in [-0.39, 0.29) is 16.6 Å². The molecule has 3 saturated carbocycles. The molecular weight excluding hydrogens is 544 g/mol. The summed E-state index contributed by atoms with van der Waals surface area (Å²) in [6.45, 7) is 7.19. The Morgan fingerprint density at radius 3 is 1.86 bits per heavy atom. The number of rotatable bonds is 7. The average Bonchev–Trinajstić information content (AvgIpc) is 3.51. The van der Waals surface area contributed by atoms with Crippen molar-refractivity contribution in [3.05, 3.63) is 144 Å². The lowest BCUT2D eigenvalue weighted by Gasteiger charge is -2.54. The quantitative estimate of drug-likeness (QED) is 0.138. The Balaban J connectivity index is 1.48. The number of hydrogen-bond acceptors (Lipinski definition) is 1. The molecule has 0 amide bonds. The minimum atomic E-state index is -2.58. The van der Waals surface area contributed by atoms with Crippen LogP contribution in [-0.2, 0) is 5.41 Å². The van der Waals surface area contributed by atoms with Gasteiger partial charge in [0.15, 0.2) is 5.78 Å². The molecule has 8 rings (SSSR count). The number of hydrogen-bond donors (Lipinski definition) is 0. The number of carbonyl (C=O) groups is 1. The van der Waals surface area contributed by atoms with Crippen LogP contribution in [0.25, 0.3) is 10.8 Å². The highest BCUT2D eigenvalue weighted by Crippen LogP contribution is 2.73. The Bertz CT molecular complexity index is 1740. The molecule has 3 fully saturated rings. The molecule has 0 aromatic heterocycles. The van der Waals surface area contributed by atoms with E-state index in [1.54, 1.807) is 12.1 Å². The van der Waals surface area contributed by atoms with Crippen LogP contribution in [0, 0.1) is 17.2 Å². The second kappa shape index (κ2) is 10.1. The molecule has 43 heavy (non-hydrogen) atoms. The molecule has 5 aromatic carbocycles. The molecule has 3 heteroatoms. The van der Waals surface area contributed by atoms with Crippen LogP contribution in [0.1, 0.15) is 56.0 Å². The molecule has 216 valence electrons. The minimum Gasteiger partial charge on any atom is -0.294 e. The summed E-state index contributed by atoms with van der Waals surface area (Å²) in [6, 6.07) is 44.7. The predicted molar refractivity (Wildman–Crippen MR) is 179 cm³/mol. The lowest BCUT2D eigenvalue weighted by molar-refractivity contribution is 0.0502. The van der Waals surface area contributed by atoms with Crippen molar-refractivity contribution in [2.75, 3.05) is 0 Å². The molecule has 0 N–H and O–H groups in total. The lowest BCUT2D eigenvalue weighted by Crippen LogP contribution is -2.68. The zero-order valence-corrected chi connectivity index (χ0v) is 26.3. The monoisotopic (exact) mass is 582 g/mol. The molecule has 0 heterocycles. The van der Waals surface area contributed by atoms with Crippen LogP contribution >= 0.6 is 0 Å². The number of carbonyl (C=O) groups excluding carboxylic acids is 1. The largest absolute Gasteiger partial charge is 0.294 e. The van der Waals surface area contributed by atoms with E-state index in [0.29, 0.717) is 5.92 Å². The highest BCUT2D eigenvalue weighted by molar-refractivity contribution is 7.04. The number of Topliss-reactive ketones (excluding diaryl/α,β-unsaturated/α-hetero) is 1. The summed E-state index contributed by atoms with van der Waals surface area (Å²) in [5.41, 5.74) is 0.994. The van der Waals surface area contributed by atoms with E-state index in [4.69, 9.17) is 0 Å². The van der Waals surface area contributed by atoms with E-state index in [1.165, 1.54) is 10.4 Å². The van der Waals surface area contributed by atoms with Gasteiger partial charge in [-0.25, -0.2) is 4.39 Å². The van der Waals surface area contributed by atoms with Gasteiger partial charge in [0.25, 0.3) is 0 Å². The molecule has 1 atom stereocenters. The fourth-order valence-corrected chi connectivity index (χ4v) is 15.2. The van der Waals surface area contributed by atoms with Gasteiger partial charge in [-0.1, -0.05) is 140 Å². The van der Waals surface area contributed by atoms with Crippen molar-refractivity contribution in [2.24, 2.45) is 11.3 Å². The van der Waals surface area contributed by atoms with Crippen molar-refractivity contribution in [3.63, 3.8) is 0 Å². The van der Waals surface area contributed by atoms with Crippen LogP contribution in [0.4, 0.5) is 4.39 Å². The van der Waals surface area contributed by atoms with Crippen molar-refractivity contribution >= 4 is 35.0 Å². The zero-order valence-electron chi connectivity index (χ0n) is 25.3. The Labute approximate surface area is 255 Å². The first kappa shape index (κ1) is 28.0. The van der Waals surface area contributed by atoms with Crippen LogP contribution in [0.5, 0.6) is 0 Å². The van der Waals surface area contributed by atoms with Crippen molar-refractivity contribution in [3.8, 4) is 0 Å². The summed E-state index contributed by atoms with van der Waals surface area (Å²) in [4.78, 5) is 15.1. The van der Waals surface area contributed by atoms with Crippen molar-refractivity contribution in [2.45, 2.75) is 56.5 Å². The third-order valence-corrected chi connectivity index (χ3v) is 17.4. The van der Waals surface area contributed by atoms with Gasteiger partial charge in [-0.3, -0.25) is 4.79 Å². The number of ketones is 1. The lowest BCUT2D eigenvalue weighted by atomic mass is 9.55. The van der Waals surface area contributed by atoms with E-state index < -0.39 is 18.9 Å². The van der Waals surface area contributed by atoms with Gasteiger partial charge in [-0.2, -0.15) is 0 Å². The number of halogens is 1. The van der Waals surface area contributed by atoms with Gasteiger partial charge in [0, 0.05) is 16.4 Å². The van der Waals surface area contributed by atoms with Gasteiger partial charge in [-0.05, 0) is 70.8 Å². The molecule has 0 unspecified atom stereocenters. The second-order valence-corrected chi connectivity index (χ2v) is 18.9. The molecule has 0 saturated heterocycles. The van der Waals surface area contributed by atoms with Crippen LogP contribution in [-0.4, -0.2) is 13.9 Å². The van der Waals surface area contributed by atoms with E-state index in [2.05, 4.69) is 106 Å². The van der Waals surface area contributed by atoms with E-state index in [1.807, 2.05) is 30.3 Å². The predicted octanol–water partition coefficient (Wildman–Crippen LogP) is 8.96. The van der Waals surface area contributed by atoms with Crippen LogP contribution in [0.2, 0.25) is 11.1 Å². The molecule has 0 spiro atoms. The number of benzene rings is 5. The zero-order chi connectivity index (χ0) is 29.9. The summed E-state index contributed by atoms with van der Waals surface area (Å²) in [5, 5.41) is 4.98. The molecular formula is C40H39FOSi.